The minimum absolute atomic E-state index is 0.181. The van der Waals surface area contributed by atoms with Crippen LogP contribution >= 0.6 is 11.3 Å². The first-order valence-electron chi connectivity index (χ1n) is 8.84. The second kappa shape index (κ2) is 8.68. The summed E-state index contributed by atoms with van der Waals surface area (Å²) in [6, 6.07) is 0. The van der Waals surface area contributed by atoms with E-state index in [0.29, 0.717) is 23.9 Å². The van der Waals surface area contributed by atoms with Crippen molar-refractivity contribution in [2.75, 3.05) is 13.6 Å². The van der Waals surface area contributed by atoms with E-state index >= 15 is 0 Å². The molecule has 0 saturated heterocycles. The highest BCUT2D eigenvalue weighted by Crippen LogP contribution is 2.29. The number of hydrogen-bond donors (Lipinski definition) is 2. The highest BCUT2D eigenvalue weighted by molar-refractivity contribution is 7.09. The maximum absolute atomic E-state index is 12.6. The van der Waals surface area contributed by atoms with Gasteiger partial charge in [0.25, 0.3) is 0 Å². The molecule has 0 fully saturated rings. The zero-order valence-electron chi connectivity index (χ0n) is 15.0. The van der Waals surface area contributed by atoms with Crippen LogP contribution in [0.1, 0.15) is 41.6 Å². The second-order valence-electron chi connectivity index (χ2n) is 6.22. The van der Waals surface area contributed by atoms with Crippen LogP contribution in [0.3, 0.4) is 0 Å². The maximum atomic E-state index is 12.6. The predicted octanol–water partition coefficient (Wildman–Crippen LogP) is 2.39. The van der Waals surface area contributed by atoms with Crippen molar-refractivity contribution in [3.63, 3.8) is 0 Å². The summed E-state index contributed by atoms with van der Waals surface area (Å²) in [5, 5.41) is 16.1. The van der Waals surface area contributed by atoms with Gasteiger partial charge in [-0.3, -0.25) is 4.99 Å². The van der Waals surface area contributed by atoms with Crippen LogP contribution in [0.25, 0.3) is 0 Å². The lowest BCUT2D eigenvalue weighted by atomic mass is 10.2. The molecule has 7 nitrogen and oxygen atoms in total. The van der Waals surface area contributed by atoms with Crippen LogP contribution in [-0.2, 0) is 32.1 Å². The van der Waals surface area contributed by atoms with Crippen molar-refractivity contribution in [2.24, 2.45) is 4.99 Å². The van der Waals surface area contributed by atoms with Crippen molar-refractivity contribution < 1.29 is 13.2 Å². The molecule has 0 aromatic carbocycles. The average molecular weight is 401 g/mol. The van der Waals surface area contributed by atoms with Crippen LogP contribution in [0, 0.1) is 0 Å². The number of rotatable bonds is 5. The number of thiazole rings is 1. The number of halogens is 3. The summed E-state index contributed by atoms with van der Waals surface area (Å²) in [5.74, 6) is 2.51. The molecule has 2 aromatic heterocycles. The molecular formula is C16H22F3N7S. The number of hydrogen-bond acceptors (Lipinski definition) is 5. The Morgan fingerprint density at radius 3 is 2.85 bits per heavy atom. The predicted molar refractivity (Wildman–Crippen MR) is 96.6 cm³/mol. The molecule has 0 spiro atoms. The SMILES string of the molecule is CN=C(NCCc1nnc2n1CCCCC2)NCc1nc(C(F)(F)F)cs1. The third-order valence-electron chi connectivity index (χ3n) is 4.30. The summed E-state index contributed by atoms with van der Waals surface area (Å²) in [4.78, 5) is 7.68. The van der Waals surface area contributed by atoms with Crippen LogP contribution in [0.5, 0.6) is 0 Å². The molecule has 27 heavy (non-hydrogen) atoms. The molecule has 11 heteroatoms. The van der Waals surface area contributed by atoms with Gasteiger partial charge in [0.2, 0.25) is 0 Å². The van der Waals surface area contributed by atoms with Gasteiger partial charge in [0.1, 0.15) is 16.7 Å². The van der Waals surface area contributed by atoms with E-state index in [1.807, 2.05) is 0 Å². The lowest BCUT2D eigenvalue weighted by Crippen LogP contribution is -2.38. The van der Waals surface area contributed by atoms with E-state index in [0.717, 1.165) is 54.2 Å². The summed E-state index contributed by atoms with van der Waals surface area (Å²) in [6.07, 6.45) is 0.762. The van der Waals surface area contributed by atoms with Crippen molar-refractivity contribution in [2.45, 2.75) is 51.4 Å². The summed E-state index contributed by atoms with van der Waals surface area (Å²) >= 11 is 0.970. The zero-order chi connectivity index (χ0) is 19.3. The number of aliphatic imine (C=N–C) groups is 1. The first-order chi connectivity index (χ1) is 13.0. The van der Waals surface area contributed by atoms with E-state index in [9.17, 15) is 13.2 Å². The minimum atomic E-state index is -4.41. The molecular weight excluding hydrogens is 379 g/mol. The highest BCUT2D eigenvalue weighted by atomic mass is 32.1. The Labute approximate surface area is 159 Å². The standard InChI is InChI=1S/C16H22F3N7S/c1-20-15(22-9-14-23-11(10-27-14)16(17,18)19)21-7-6-13-25-24-12-5-3-2-4-8-26(12)13/h10H,2-9H2,1H3,(H2,20,21,22). The Bertz CT molecular complexity index is 781. The molecule has 0 saturated carbocycles. The molecule has 1 aliphatic heterocycles. The topological polar surface area (TPSA) is 80.0 Å². The fourth-order valence-corrected chi connectivity index (χ4v) is 3.67. The molecule has 148 valence electrons. The molecule has 0 radical (unpaired) electrons. The van der Waals surface area contributed by atoms with Gasteiger partial charge < -0.3 is 15.2 Å². The lowest BCUT2D eigenvalue weighted by molar-refractivity contribution is -0.140. The Kier molecular flexibility index (Phi) is 6.30. The van der Waals surface area contributed by atoms with Crippen LogP contribution in [0.2, 0.25) is 0 Å². The van der Waals surface area contributed by atoms with Crippen LogP contribution in [0.4, 0.5) is 13.2 Å². The number of nitrogens with zero attached hydrogens (tertiary/aromatic N) is 5. The minimum Gasteiger partial charge on any atom is -0.356 e. The number of guanidine groups is 1. The normalized spacial score (nSPS) is 15.3. The Morgan fingerprint density at radius 2 is 2.11 bits per heavy atom. The van der Waals surface area contributed by atoms with Gasteiger partial charge in [-0.15, -0.1) is 21.5 Å². The fraction of sp³-hybridized carbons (Fsp3) is 0.625. The van der Waals surface area contributed by atoms with E-state index in [-0.39, 0.29) is 6.54 Å². The molecule has 0 amide bonds. The highest BCUT2D eigenvalue weighted by Gasteiger charge is 2.33. The van der Waals surface area contributed by atoms with Crippen LogP contribution in [-0.4, -0.2) is 39.3 Å². The summed E-state index contributed by atoms with van der Waals surface area (Å²) in [5.41, 5.74) is -0.861. The first kappa shape index (κ1) is 19.6. The quantitative estimate of drug-likeness (QED) is 0.594. The summed E-state index contributed by atoms with van der Waals surface area (Å²) in [6.45, 7) is 1.74. The van der Waals surface area contributed by atoms with Gasteiger partial charge in [0.05, 0.1) is 6.54 Å². The largest absolute Gasteiger partial charge is 0.434 e. The Morgan fingerprint density at radius 1 is 1.26 bits per heavy atom. The van der Waals surface area contributed by atoms with E-state index in [1.165, 1.54) is 6.42 Å². The van der Waals surface area contributed by atoms with Crippen molar-refractivity contribution in [1.82, 2.24) is 30.4 Å². The van der Waals surface area contributed by atoms with E-state index in [1.54, 1.807) is 7.05 Å². The second-order valence-corrected chi connectivity index (χ2v) is 7.16. The summed E-state index contributed by atoms with van der Waals surface area (Å²) < 4.78 is 40.0. The number of nitrogens with one attached hydrogen (secondary N) is 2. The van der Waals surface area contributed by atoms with Gasteiger partial charge in [-0.1, -0.05) is 6.42 Å². The van der Waals surface area contributed by atoms with Crippen LogP contribution < -0.4 is 10.6 Å². The zero-order valence-corrected chi connectivity index (χ0v) is 15.8. The lowest BCUT2D eigenvalue weighted by Gasteiger charge is -2.11. The van der Waals surface area contributed by atoms with Crippen LogP contribution in [0.15, 0.2) is 10.4 Å². The van der Waals surface area contributed by atoms with E-state index in [2.05, 4.69) is 35.4 Å². The Balaban J connectivity index is 1.47. The molecule has 1 aliphatic rings. The Hall–Kier alpha value is -2.17. The smallest absolute Gasteiger partial charge is 0.356 e. The maximum Gasteiger partial charge on any atom is 0.434 e. The van der Waals surface area contributed by atoms with Crippen molar-refractivity contribution in [1.29, 1.82) is 0 Å². The molecule has 0 unspecified atom stereocenters. The van der Waals surface area contributed by atoms with E-state index in [4.69, 9.17) is 0 Å². The number of alkyl halides is 3. The number of aryl methyl sites for hydroxylation is 1. The van der Waals surface area contributed by atoms with Crippen molar-refractivity contribution in [3.05, 3.63) is 27.7 Å². The number of aromatic nitrogens is 4. The molecule has 2 N–H and O–H groups in total. The molecule has 0 atom stereocenters. The molecule has 0 aliphatic carbocycles. The molecule has 2 aromatic rings. The third kappa shape index (κ3) is 5.18. The summed E-state index contributed by atoms with van der Waals surface area (Å²) in [7, 11) is 1.61. The van der Waals surface area contributed by atoms with Gasteiger partial charge >= 0.3 is 6.18 Å². The third-order valence-corrected chi connectivity index (χ3v) is 5.15. The van der Waals surface area contributed by atoms with Gasteiger partial charge in [-0.2, -0.15) is 13.2 Å². The van der Waals surface area contributed by atoms with Crippen molar-refractivity contribution >= 4 is 17.3 Å². The molecule has 3 heterocycles. The van der Waals surface area contributed by atoms with Gasteiger partial charge in [-0.25, -0.2) is 4.98 Å². The number of fused-ring (bicyclic) bond motifs is 1. The first-order valence-corrected chi connectivity index (χ1v) is 9.72. The fourth-order valence-electron chi connectivity index (χ4n) is 2.93. The van der Waals surface area contributed by atoms with Crippen molar-refractivity contribution in [3.8, 4) is 0 Å². The van der Waals surface area contributed by atoms with Gasteiger partial charge in [0, 0.05) is 38.4 Å². The average Bonchev–Trinajstić information content (AvgIpc) is 3.19. The van der Waals surface area contributed by atoms with Gasteiger partial charge in [-0.05, 0) is 12.8 Å². The molecule has 0 bridgehead atoms. The molecule has 3 rings (SSSR count). The monoisotopic (exact) mass is 401 g/mol. The van der Waals surface area contributed by atoms with E-state index < -0.39 is 11.9 Å². The van der Waals surface area contributed by atoms with Gasteiger partial charge in [0.15, 0.2) is 11.7 Å².